The molecule has 6 nitrogen and oxygen atoms in total. The molecule has 1 aromatic heterocycles. The molecule has 0 saturated carbocycles. The summed E-state index contributed by atoms with van der Waals surface area (Å²) in [5.74, 6) is 0.470. The molecule has 0 aliphatic rings. The predicted octanol–water partition coefficient (Wildman–Crippen LogP) is 2.51. The SMILES string of the molecule is CCn1c(O)c(C=Nc2cccc(OC)c2)c(C)c(C#N)c1=O. The van der Waals surface area contributed by atoms with Crippen molar-refractivity contribution in [3.63, 3.8) is 0 Å². The molecular weight excluding hydrogens is 294 g/mol. The van der Waals surface area contributed by atoms with Crippen molar-refractivity contribution in [3.05, 3.63) is 51.3 Å². The van der Waals surface area contributed by atoms with E-state index in [9.17, 15) is 15.2 Å². The fourth-order valence-electron chi connectivity index (χ4n) is 2.25. The Balaban J connectivity index is 2.57. The van der Waals surface area contributed by atoms with Gasteiger partial charge < -0.3 is 9.84 Å². The van der Waals surface area contributed by atoms with E-state index in [0.29, 0.717) is 22.6 Å². The molecule has 2 aromatic rings. The van der Waals surface area contributed by atoms with Crippen LogP contribution < -0.4 is 10.3 Å². The zero-order valence-corrected chi connectivity index (χ0v) is 13.2. The number of hydrogen-bond acceptors (Lipinski definition) is 5. The minimum absolute atomic E-state index is 0.0109. The quantitative estimate of drug-likeness (QED) is 0.879. The molecule has 23 heavy (non-hydrogen) atoms. The maximum Gasteiger partial charge on any atom is 0.271 e. The Bertz CT molecular complexity index is 861. The standard InChI is InChI=1S/C17H17N3O3/c1-4-20-16(21)14(9-18)11(2)15(17(20)22)10-19-12-6-5-7-13(8-12)23-3/h5-8,10,22H,4H2,1-3H3. The number of aliphatic imine (C=N–C) groups is 1. The molecule has 0 atom stereocenters. The largest absolute Gasteiger partial charge is 0.497 e. The normalized spacial score (nSPS) is 10.7. The number of nitrogens with zero attached hydrogens (tertiary/aromatic N) is 3. The third-order valence-corrected chi connectivity index (χ3v) is 3.56. The summed E-state index contributed by atoms with van der Waals surface area (Å²) in [4.78, 5) is 16.4. The molecule has 0 fully saturated rings. The van der Waals surface area contributed by atoms with Gasteiger partial charge in [-0.2, -0.15) is 5.26 Å². The van der Waals surface area contributed by atoms with Crippen molar-refractivity contribution in [2.75, 3.05) is 7.11 Å². The highest BCUT2D eigenvalue weighted by atomic mass is 16.5. The van der Waals surface area contributed by atoms with Gasteiger partial charge in [-0.15, -0.1) is 0 Å². The molecule has 0 saturated heterocycles. The highest BCUT2D eigenvalue weighted by Gasteiger charge is 2.16. The van der Waals surface area contributed by atoms with E-state index in [1.807, 2.05) is 6.07 Å². The number of hydrogen-bond donors (Lipinski definition) is 1. The maximum absolute atomic E-state index is 12.1. The smallest absolute Gasteiger partial charge is 0.271 e. The van der Waals surface area contributed by atoms with Gasteiger partial charge in [0.1, 0.15) is 17.4 Å². The number of ether oxygens (including phenoxy) is 1. The first-order valence-corrected chi connectivity index (χ1v) is 7.08. The van der Waals surface area contributed by atoms with Crippen molar-refractivity contribution in [2.24, 2.45) is 4.99 Å². The minimum atomic E-state index is -0.497. The van der Waals surface area contributed by atoms with E-state index >= 15 is 0 Å². The van der Waals surface area contributed by atoms with Crippen molar-refractivity contribution in [1.29, 1.82) is 5.26 Å². The Morgan fingerprint density at radius 1 is 1.48 bits per heavy atom. The van der Waals surface area contributed by atoms with Crippen LogP contribution in [-0.2, 0) is 6.54 Å². The highest BCUT2D eigenvalue weighted by molar-refractivity contribution is 5.87. The molecular formula is C17H17N3O3. The number of pyridine rings is 1. The lowest BCUT2D eigenvalue weighted by molar-refractivity contribution is 0.409. The van der Waals surface area contributed by atoms with E-state index < -0.39 is 5.56 Å². The molecule has 1 heterocycles. The van der Waals surface area contributed by atoms with Crippen LogP contribution in [0.5, 0.6) is 11.6 Å². The van der Waals surface area contributed by atoms with Crippen LogP contribution in [0.4, 0.5) is 5.69 Å². The summed E-state index contributed by atoms with van der Waals surface area (Å²) in [5, 5.41) is 19.5. The minimum Gasteiger partial charge on any atom is -0.497 e. The van der Waals surface area contributed by atoms with Crippen molar-refractivity contribution < 1.29 is 9.84 Å². The van der Waals surface area contributed by atoms with Gasteiger partial charge in [-0.25, -0.2) is 0 Å². The van der Waals surface area contributed by atoms with Gasteiger partial charge in [0.2, 0.25) is 5.88 Å². The van der Waals surface area contributed by atoms with Crippen LogP contribution in [0.1, 0.15) is 23.6 Å². The van der Waals surface area contributed by atoms with E-state index in [1.54, 1.807) is 45.2 Å². The van der Waals surface area contributed by atoms with Gasteiger partial charge in [-0.1, -0.05) is 6.07 Å². The molecule has 118 valence electrons. The second-order valence-electron chi connectivity index (χ2n) is 4.86. The van der Waals surface area contributed by atoms with Gasteiger partial charge in [0.15, 0.2) is 0 Å². The average molecular weight is 311 g/mol. The van der Waals surface area contributed by atoms with Gasteiger partial charge in [0, 0.05) is 18.8 Å². The summed E-state index contributed by atoms with van der Waals surface area (Å²) in [7, 11) is 1.56. The van der Waals surface area contributed by atoms with E-state index in [0.717, 1.165) is 4.57 Å². The number of methoxy groups -OCH3 is 1. The van der Waals surface area contributed by atoms with Crippen molar-refractivity contribution in [3.8, 4) is 17.7 Å². The second kappa shape index (κ2) is 6.79. The summed E-state index contributed by atoms with van der Waals surface area (Å²) >= 11 is 0. The third-order valence-electron chi connectivity index (χ3n) is 3.56. The summed E-state index contributed by atoms with van der Waals surface area (Å²) in [6.45, 7) is 3.60. The summed E-state index contributed by atoms with van der Waals surface area (Å²) < 4.78 is 6.28. The maximum atomic E-state index is 12.1. The molecule has 6 heteroatoms. The van der Waals surface area contributed by atoms with Crippen LogP contribution in [0.3, 0.4) is 0 Å². The molecule has 0 unspecified atom stereocenters. The van der Waals surface area contributed by atoms with E-state index in [-0.39, 0.29) is 18.0 Å². The van der Waals surface area contributed by atoms with Gasteiger partial charge in [-0.3, -0.25) is 14.4 Å². The molecule has 2 rings (SSSR count). The Labute approximate surface area is 133 Å². The Hall–Kier alpha value is -3.07. The van der Waals surface area contributed by atoms with E-state index in [4.69, 9.17) is 4.74 Å². The van der Waals surface area contributed by atoms with Crippen LogP contribution in [0, 0.1) is 18.3 Å². The number of aromatic nitrogens is 1. The summed E-state index contributed by atoms with van der Waals surface area (Å²) in [5.41, 5.74) is 0.911. The van der Waals surface area contributed by atoms with Crippen molar-refractivity contribution >= 4 is 11.9 Å². The first kappa shape index (κ1) is 16.3. The second-order valence-corrected chi connectivity index (χ2v) is 4.86. The number of aromatic hydroxyl groups is 1. The Morgan fingerprint density at radius 2 is 2.22 bits per heavy atom. The van der Waals surface area contributed by atoms with Gasteiger partial charge in [0.25, 0.3) is 5.56 Å². The van der Waals surface area contributed by atoms with Gasteiger partial charge >= 0.3 is 0 Å². The van der Waals surface area contributed by atoms with Crippen LogP contribution in [-0.4, -0.2) is 23.0 Å². The summed E-state index contributed by atoms with van der Waals surface area (Å²) in [6, 6.07) is 9.02. The van der Waals surface area contributed by atoms with Gasteiger partial charge in [-0.05, 0) is 31.5 Å². The Morgan fingerprint density at radius 3 is 2.83 bits per heavy atom. The molecule has 0 spiro atoms. The molecule has 0 radical (unpaired) electrons. The lowest BCUT2D eigenvalue weighted by Gasteiger charge is -2.12. The van der Waals surface area contributed by atoms with Crippen LogP contribution in [0.15, 0.2) is 34.1 Å². The fraction of sp³-hybridized carbons (Fsp3) is 0.235. The monoisotopic (exact) mass is 311 g/mol. The first-order valence-electron chi connectivity index (χ1n) is 7.08. The fourth-order valence-corrected chi connectivity index (χ4v) is 2.25. The number of benzene rings is 1. The number of rotatable bonds is 4. The average Bonchev–Trinajstić information content (AvgIpc) is 2.55. The third kappa shape index (κ3) is 3.09. The zero-order chi connectivity index (χ0) is 17.0. The van der Waals surface area contributed by atoms with Crippen molar-refractivity contribution in [2.45, 2.75) is 20.4 Å². The molecule has 0 amide bonds. The zero-order valence-electron chi connectivity index (χ0n) is 13.2. The molecule has 0 aliphatic carbocycles. The summed E-state index contributed by atoms with van der Waals surface area (Å²) in [6.07, 6.45) is 1.45. The van der Waals surface area contributed by atoms with E-state index in [1.165, 1.54) is 6.21 Å². The van der Waals surface area contributed by atoms with Crippen LogP contribution in [0.2, 0.25) is 0 Å². The number of nitriles is 1. The Kier molecular flexibility index (Phi) is 4.82. The first-order chi connectivity index (χ1) is 11.0. The van der Waals surface area contributed by atoms with Crippen LogP contribution >= 0.6 is 0 Å². The lowest BCUT2D eigenvalue weighted by Crippen LogP contribution is -2.24. The predicted molar refractivity (Wildman–Crippen MR) is 87.7 cm³/mol. The highest BCUT2D eigenvalue weighted by Crippen LogP contribution is 2.23. The lowest BCUT2D eigenvalue weighted by atomic mass is 10.1. The van der Waals surface area contributed by atoms with Gasteiger partial charge in [0.05, 0.1) is 18.4 Å². The molecule has 0 bridgehead atoms. The molecule has 0 aliphatic heterocycles. The van der Waals surface area contributed by atoms with Crippen LogP contribution in [0.25, 0.3) is 0 Å². The molecule has 1 N–H and O–H groups in total. The topological polar surface area (TPSA) is 87.6 Å². The molecule has 1 aromatic carbocycles. The van der Waals surface area contributed by atoms with Crippen molar-refractivity contribution in [1.82, 2.24) is 4.57 Å². The van der Waals surface area contributed by atoms with E-state index in [2.05, 4.69) is 4.99 Å².